The SMILES string of the molecule is COC(=O)C1C(=O)COC12CCC2. The fourth-order valence-corrected chi connectivity index (χ4v) is 2.10. The first-order valence-electron chi connectivity index (χ1n) is 4.44. The van der Waals surface area contributed by atoms with Crippen LogP contribution in [0.4, 0.5) is 0 Å². The summed E-state index contributed by atoms with van der Waals surface area (Å²) >= 11 is 0. The van der Waals surface area contributed by atoms with Crippen molar-refractivity contribution in [2.24, 2.45) is 5.92 Å². The maximum atomic E-state index is 11.4. The summed E-state index contributed by atoms with van der Waals surface area (Å²) in [5.41, 5.74) is -0.496. The number of hydrogen-bond acceptors (Lipinski definition) is 4. The molecule has 0 aromatic carbocycles. The van der Waals surface area contributed by atoms with Gasteiger partial charge in [-0.05, 0) is 19.3 Å². The van der Waals surface area contributed by atoms with Crippen molar-refractivity contribution in [1.29, 1.82) is 0 Å². The van der Waals surface area contributed by atoms with Crippen molar-refractivity contribution in [2.75, 3.05) is 13.7 Å². The molecule has 1 atom stereocenters. The van der Waals surface area contributed by atoms with Crippen molar-refractivity contribution in [1.82, 2.24) is 0 Å². The molecule has 0 aromatic rings. The Morgan fingerprint density at radius 1 is 1.62 bits per heavy atom. The first-order valence-corrected chi connectivity index (χ1v) is 4.44. The van der Waals surface area contributed by atoms with E-state index in [0.29, 0.717) is 0 Å². The molecular weight excluding hydrogens is 172 g/mol. The lowest BCUT2D eigenvalue weighted by molar-refractivity contribution is -0.159. The summed E-state index contributed by atoms with van der Waals surface area (Å²) in [5, 5.41) is 0. The first-order chi connectivity index (χ1) is 6.19. The molecule has 1 saturated carbocycles. The molecule has 0 radical (unpaired) electrons. The Balaban J connectivity index is 2.21. The van der Waals surface area contributed by atoms with Crippen molar-refractivity contribution in [2.45, 2.75) is 24.9 Å². The summed E-state index contributed by atoms with van der Waals surface area (Å²) in [6.07, 6.45) is 2.64. The van der Waals surface area contributed by atoms with Gasteiger partial charge < -0.3 is 9.47 Å². The van der Waals surface area contributed by atoms with Crippen LogP contribution in [0.2, 0.25) is 0 Å². The Morgan fingerprint density at radius 2 is 2.31 bits per heavy atom. The molecule has 1 unspecified atom stereocenters. The van der Waals surface area contributed by atoms with Crippen LogP contribution in [0.1, 0.15) is 19.3 Å². The van der Waals surface area contributed by atoms with E-state index in [1.807, 2.05) is 0 Å². The summed E-state index contributed by atoms with van der Waals surface area (Å²) in [4.78, 5) is 22.7. The highest BCUT2D eigenvalue weighted by Gasteiger charge is 2.57. The molecule has 2 aliphatic rings. The maximum absolute atomic E-state index is 11.4. The highest BCUT2D eigenvalue weighted by atomic mass is 16.5. The third kappa shape index (κ3) is 1.09. The number of hydrogen-bond donors (Lipinski definition) is 0. The summed E-state index contributed by atoms with van der Waals surface area (Å²) in [6.45, 7) is 0.0692. The van der Waals surface area contributed by atoms with E-state index in [-0.39, 0.29) is 12.4 Å². The largest absolute Gasteiger partial charge is 0.468 e. The molecule has 72 valence electrons. The average Bonchev–Trinajstić information content (AvgIpc) is 2.41. The van der Waals surface area contributed by atoms with E-state index in [0.717, 1.165) is 19.3 Å². The number of rotatable bonds is 1. The lowest BCUT2D eigenvalue weighted by Gasteiger charge is -2.39. The Morgan fingerprint density at radius 3 is 2.77 bits per heavy atom. The summed E-state index contributed by atoms with van der Waals surface area (Å²) < 4.78 is 9.97. The summed E-state index contributed by atoms with van der Waals surface area (Å²) in [5.74, 6) is -1.24. The molecule has 1 saturated heterocycles. The van der Waals surface area contributed by atoms with Crippen LogP contribution in [0.15, 0.2) is 0 Å². The normalized spacial score (nSPS) is 30.2. The lowest BCUT2D eigenvalue weighted by Crippen LogP contribution is -2.47. The van der Waals surface area contributed by atoms with Gasteiger partial charge in [0.2, 0.25) is 0 Å². The third-order valence-electron chi connectivity index (χ3n) is 2.99. The second-order valence-electron chi connectivity index (χ2n) is 3.63. The number of esters is 1. The molecule has 0 aromatic heterocycles. The van der Waals surface area contributed by atoms with Gasteiger partial charge in [-0.15, -0.1) is 0 Å². The number of ether oxygens (including phenoxy) is 2. The summed E-state index contributed by atoms with van der Waals surface area (Å²) in [6, 6.07) is 0. The van der Waals surface area contributed by atoms with Gasteiger partial charge in [-0.1, -0.05) is 0 Å². The quantitative estimate of drug-likeness (QED) is 0.434. The molecule has 4 nitrogen and oxygen atoms in total. The van der Waals surface area contributed by atoms with Crippen LogP contribution in [-0.2, 0) is 19.1 Å². The molecule has 13 heavy (non-hydrogen) atoms. The van der Waals surface area contributed by atoms with E-state index in [1.54, 1.807) is 0 Å². The van der Waals surface area contributed by atoms with Crippen LogP contribution >= 0.6 is 0 Å². The molecule has 1 spiro atoms. The van der Waals surface area contributed by atoms with Gasteiger partial charge in [-0.2, -0.15) is 0 Å². The van der Waals surface area contributed by atoms with Gasteiger partial charge in [0.25, 0.3) is 0 Å². The summed E-state index contributed by atoms with van der Waals surface area (Å²) in [7, 11) is 1.31. The molecule has 1 aliphatic carbocycles. The molecule has 0 bridgehead atoms. The smallest absolute Gasteiger partial charge is 0.319 e. The topological polar surface area (TPSA) is 52.6 Å². The number of methoxy groups -OCH3 is 1. The molecule has 4 heteroatoms. The zero-order chi connectivity index (χ0) is 9.47. The van der Waals surface area contributed by atoms with Crippen LogP contribution in [-0.4, -0.2) is 31.1 Å². The molecule has 1 heterocycles. The Labute approximate surface area is 76.2 Å². The van der Waals surface area contributed by atoms with E-state index in [4.69, 9.17) is 4.74 Å². The monoisotopic (exact) mass is 184 g/mol. The van der Waals surface area contributed by atoms with Crippen molar-refractivity contribution in [3.05, 3.63) is 0 Å². The minimum absolute atomic E-state index is 0.0692. The molecule has 2 fully saturated rings. The second kappa shape index (κ2) is 2.80. The molecule has 0 amide bonds. The van der Waals surface area contributed by atoms with Gasteiger partial charge in [0.15, 0.2) is 5.78 Å². The van der Waals surface area contributed by atoms with Crippen LogP contribution < -0.4 is 0 Å². The minimum Gasteiger partial charge on any atom is -0.468 e. The molecule has 2 rings (SSSR count). The maximum Gasteiger partial charge on any atom is 0.319 e. The van der Waals surface area contributed by atoms with Crippen LogP contribution in [0, 0.1) is 5.92 Å². The van der Waals surface area contributed by atoms with Gasteiger partial charge >= 0.3 is 5.97 Å². The predicted molar refractivity (Wildman–Crippen MR) is 43.0 cm³/mol. The second-order valence-corrected chi connectivity index (χ2v) is 3.63. The molecule has 1 aliphatic heterocycles. The van der Waals surface area contributed by atoms with Crippen molar-refractivity contribution in [3.63, 3.8) is 0 Å². The zero-order valence-corrected chi connectivity index (χ0v) is 7.54. The highest BCUT2D eigenvalue weighted by molar-refractivity contribution is 6.02. The Kier molecular flexibility index (Phi) is 1.87. The van der Waals surface area contributed by atoms with E-state index in [9.17, 15) is 9.59 Å². The fraction of sp³-hybridized carbons (Fsp3) is 0.778. The van der Waals surface area contributed by atoms with E-state index < -0.39 is 17.5 Å². The lowest BCUT2D eigenvalue weighted by atomic mass is 9.71. The van der Waals surface area contributed by atoms with E-state index >= 15 is 0 Å². The van der Waals surface area contributed by atoms with Gasteiger partial charge in [-0.3, -0.25) is 9.59 Å². The predicted octanol–water partition coefficient (Wildman–Crippen LogP) is 0.298. The van der Waals surface area contributed by atoms with Gasteiger partial charge in [0.05, 0.1) is 12.7 Å². The minimum atomic E-state index is -0.661. The molecular formula is C9H12O4. The number of ketones is 1. The highest BCUT2D eigenvalue weighted by Crippen LogP contribution is 2.46. The first kappa shape index (κ1) is 8.69. The zero-order valence-electron chi connectivity index (χ0n) is 7.54. The van der Waals surface area contributed by atoms with Crippen LogP contribution in [0.25, 0.3) is 0 Å². The average molecular weight is 184 g/mol. The van der Waals surface area contributed by atoms with Gasteiger partial charge in [0, 0.05) is 0 Å². The Bertz CT molecular complexity index is 254. The van der Waals surface area contributed by atoms with E-state index in [1.165, 1.54) is 7.11 Å². The Hall–Kier alpha value is -0.900. The molecule has 0 N–H and O–H groups in total. The van der Waals surface area contributed by atoms with Crippen molar-refractivity contribution < 1.29 is 19.1 Å². The van der Waals surface area contributed by atoms with Crippen molar-refractivity contribution in [3.8, 4) is 0 Å². The fourth-order valence-electron chi connectivity index (χ4n) is 2.10. The van der Waals surface area contributed by atoms with E-state index in [2.05, 4.69) is 4.74 Å². The van der Waals surface area contributed by atoms with Gasteiger partial charge in [0.1, 0.15) is 12.5 Å². The van der Waals surface area contributed by atoms with Crippen LogP contribution in [0.3, 0.4) is 0 Å². The van der Waals surface area contributed by atoms with Gasteiger partial charge in [-0.25, -0.2) is 0 Å². The standard InChI is InChI=1S/C9H12O4/c1-12-8(11)7-6(10)5-13-9(7)3-2-4-9/h7H,2-5H2,1H3. The number of carbonyl (C=O) groups excluding carboxylic acids is 2. The number of carbonyl (C=O) groups is 2. The third-order valence-corrected chi connectivity index (χ3v) is 2.99. The number of Topliss-reactive ketones (excluding diaryl/α,β-unsaturated/α-hetero) is 1. The van der Waals surface area contributed by atoms with Crippen molar-refractivity contribution >= 4 is 11.8 Å². The van der Waals surface area contributed by atoms with Crippen LogP contribution in [0.5, 0.6) is 0 Å².